The number of amides is 1. The van der Waals surface area contributed by atoms with Gasteiger partial charge in [0.05, 0.1) is 12.4 Å². The number of carbonyl (C=O) groups excluding carboxylic acids is 1. The van der Waals surface area contributed by atoms with Crippen LogP contribution in [-0.2, 0) is 4.74 Å². The van der Waals surface area contributed by atoms with E-state index in [-0.39, 0.29) is 16.8 Å². The first-order valence-corrected chi connectivity index (χ1v) is 10.2. The minimum Gasteiger partial charge on any atom is -0.464 e. The lowest BCUT2D eigenvalue weighted by molar-refractivity contribution is 0.0883. The molecule has 3 fully saturated rings. The Kier molecular flexibility index (Phi) is 4.05. The van der Waals surface area contributed by atoms with Crippen LogP contribution >= 0.6 is 11.8 Å². The van der Waals surface area contributed by atoms with Crippen LogP contribution in [0.5, 0.6) is 0 Å². The molecule has 0 radical (unpaired) electrons. The van der Waals surface area contributed by atoms with Gasteiger partial charge in [0.2, 0.25) is 0 Å². The molecular formula is C20H22N2O3S. The van der Waals surface area contributed by atoms with Crippen LogP contribution in [0.3, 0.4) is 0 Å². The summed E-state index contributed by atoms with van der Waals surface area (Å²) >= 11 is 1.80. The van der Waals surface area contributed by atoms with Crippen LogP contribution in [0.4, 0.5) is 0 Å². The molecule has 26 heavy (non-hydrogen) atoms. The molecule has 0 unspecified atom stereocenters. The van der Waals surface area contributed by atoms with E-state index < -0.39 is 0 Å². The van der Waals surface area contributed by atoms with Crippen molar-refractivity contribution in [1.29, 1.82) is 0 Å². The summed E-state index contributed by atoms with van der Waals surface area (Å²) in [5, 5.41) is 1.80. The molecule has 1 atom stereocenters. The van der Waals surface area contributed by atoms with Crippen molar-refractivity contribution in [3.8, 4) is 0 Å². The van der Waals surface area contributed by atoms with Gasteiger partial charge in [-0.25, -0.2) is 0 Å². The fourth-order valence-corrected chi connectivity index (χ4v) is 5.56. The lowest BCUT2D eigenvalue weighted by Gasteiger charge is -2.36. The van der Waals surface area contributed by atoms with E-state index in [0.717, 1.165) is 48.7 Å². The molecule has 1 spiro atoms. The van der Waals surface area contributed by atoms with E-state index in [1.165, 1.54) is 19.3 Å². The van der Waals surface area contributed by atoms with Crippen LogP contribution in [0.1, 0.15) is 42.5 Å². The van der Waals surface area contributed by atoms with Gasteiger partial charge in [0.15, 0.2) is 5.17 Å². The van der Waals surface area contributed by atoms with Crippen LogP contribution in [-0.4, -0.2) is 46.5 Å². The van der Waals surface area contributed by atoms with Gasteiger partial charge in [-0.15, -0.1) is 0 Å². The predicted molar refractivity (Wildman–Crippen MR) is 103 cm³/mol. The van der Waals surface area contributed by atoms with Gasteiger partial charge in [-0.2, -0.15) is 4.99 Å². The number of hydrogen-bond acceptors (Lipinski definition) is 4. The van der Waals surface area contributed by atoms with Gasteiger partial charge in [-0.1, -0.05) is 18.2 Å². The van der Waals surface area contributed by atoms with E-state index in [0.29, 0.717) is 5.56 Å². The lowest BCUT2D eigenvalue weighted by Crippen LogP contribution is -2.40. The van der Waals surface area contributed by atoms with Crippen molar-refractivity contribution in [2.45, 2.75) is 43.0 Å². The highest BCUT2D eigenvalue weighted by Crippen LogP contribution is 2.50. The van der Waals surface area contributed by atoms with Gasteiger partial charge >= 0.3 is 0 Å². The zero-order chi connectivity index (χ0) is 17.6. The number of rotatable bonds is 3. The highest BCUT2D eigenvalue weighted by molar-refractivity contribution is 8.15. The summed E-state index contributed by atoms with van der Waals surface area (Å²) in [6.45, 7) is 2.69. The van der Waals surface area contributed by atoms with Crippen LogP contribution in [0, 0.1) is 0 Å². The first-order chi connectivity index (χ1) is 12.7. The number of furan rings is 1. The Morgan fingerprint density at radius 2 is 2.23 bits per heavy atom. The second-order valence-electron chi connectivity index (χ2n) is 7.53. The van der Waals surface area contributed by atoms with Crippen molar-refractivity contribution in [1.82, 2.24) is 4.90 Å². The average molecular weight is 370 g/mol. The van der Waals surface area contributed by atoms with Gasteiger partial charge in [0.1, 0.15) is 5.58 Å². The number of carbonyl (C=O) groups is 1. The fraction of sp³-hybridized carbons (Fsp3) is 0.500. The Balaban J connectivity index is 1.39. The van der Waals surface area contributed by atoms with Gasteiger partial charge in [-0.3, -0.25) is 4.79 Å². The Hall–Kier alpha value is -1.79. The molecule has 5 nitrogen and oxygen atoms in total. The molecule has 1 aromatic heterocycles. The standard InChI is InChI=1S/C20H22N2O3S/c23-18(15-4-5-17-14(11-15)6-10-25-17)21-19-22(12-16-3-1-9-24-16)13-20(26-19)7-2-8-20/h4-6,10-11,16H,1-3,7-9,12-13H2/b21-19-/t16-/m1/s1. The smallest absolute Gasteiger partial charge is 0.279 e. The molecule has 1 amide bonds. The van der Waals surface area contributed by atoms with Crippen LogP contribution in [0.2, 0.25) is 0 Å². The Morgan fingerprint density at radius 3 is 3.00 bits per heavy atom. The van der Waals surface area contributed by atoms with Crippen molar-refractivity contribution in [2.24, 2.45) is 4.99 Å². The summed E-state index contributed by atoms with van der Waals surface area (Å²) in [6, 6.07) is 7.36. The number of benzene rings is 1. The summed E-state index contributed by atoms with van der Waals surface area (Å²) in [7, 11) is 0. The fourth-order valence-electron chi connectivity index (χ4n) is 4.06. The summed E-state index contributed by atoms with van der Waals surface area (Å²) in [5.74, 6) is -0.177. The first kappa shape index (κ1) is 16.4. The van der Waals surface area contributed by atoms with Crippen molar-refractivity contribution >= 4 is 33.8 Å². The lowest BCUT2D eigenvalue weighted by atomic mass is 9.84. The number of fused-ring (bicyclic) bond motifs is 1. The summed E-state index contributed by atoms with van der Waals surface area (Å²) in [5.41, 5.74) is 1.40. The van der Waals surface area contributed by atoms with Gasteiger partial charge in [0, 0.05) is 35.4 Å². The minimum absolute atomic E-state index is 0.177. The largest absolute Gasteiger partial charge is 0.464 e. The molecule has 1 saturated carbocycles. The number of thioether (sulfide) groups is 1. The molecule has 2 saturated heterocycles. The Morgan fingerprint density at radius 1 is 1.31 bits per heavy atom. The van der Waals surface area contributed by atoms with E-state index in [1.807, 2.05) is 18.2 Å². The molecule has 0 N–H and O–H groups in total. The minimum atomic E-state index is -0.177. The highest BCUT2D eigenvalue weighted by atomic mass is 32.2. The Bertz CT molecular complexity index is 865. The SMILES string of the molecule is O=C(/N=C1\SC2(CCC2)CN1C[C@H]1CCCO1)c1ccc2occc2c1. The van der Waals surface area contributed by atoms with Crippen LogP contribution in [0.25, 0.3) is 11.0 Å². The summed E-state index contributed by atoms with van der Waals surface area (Å²) < 4.78 is 11.4. The molecule has 2 aliphatic heterocycles. The topological polar surface area (TPSA) is 55.0 Å². The van der Waals surface area contributed by atoms with Crippen LogP contribution < -0.4 is 0 Å². The van der Waals surface area contributed by atoms with Crippen molar-refractivity contribution in [2.75, 3.05) is 19.7 Å². The second-order valence-corrected chi connectivity index (χ2v) is 8.96. The molecule has 0 bridgehead atoms. The Labute approximate surface area is 156 Å². The highest BCUT2D eigenvalue weighted by Gasteiger charge is 2.47. The molecule has 136 valence electrons. The van der Waals surface area contributed by atoms with Crippen molar-refractivity contribution in [3.63, 3.8) is 0 Å². The van der Waals surface area contributed by atoms with E-state index >= 15 is 0 Å². The third-order valence-electron chi connectivity index (χ3n) is 5.67. The molecule has 6 heteroatoms. The van der Waals surface area contributed by atoms with E-state index in [1.54, 1.807) is 24.1 Å². The van der Waals surface area contributed by atoms with E-state index in [2.05, 4.69) is 9.89 Å². The third kappa shape index (κ3) is 2.95. The number of aliphatic imine (C=N–C) groups is 1. The van der Waals surface area contributed by atoms with Gasteiger partial charge in [0.25, 0.3) is 5.91 Å². The molecule has 1 aromatic carbocycles. The van der Waals surface area contributed by atoms with Gasteiger partial charge < -0.3 is 14.1 Å². The first-order valence-electron chi connectivity index (χ1n) is 9.37. The molecule has 5 rings (SSSR count). The van der Waals surface area contributed by atoms with Crippen molar-refractivity contribution in [3.05, 3.63) is 36.1 Å². The quantitative estimate of drug-likeness (QED) is 0.815. The normalized spacial score (nSPS) is 26.1. The average Bonchev–Trinajstić information content (AvgIpc) is 3.34. The predicted octanol–water partition coefficient (Wildman–Crippen LogP) is 4.08. The maximum Gasteiger partial charge on any atom is 0.279 e. The second kappa shape index (κ2) is 6.43. The number of ether oxygens (including phenoxy) is 1. The number of hydrogen-bond donors (Lipinski definition) is 0. The molecular weight excluding hydrogens is 348 g/mol. The van der Waals surface area contributed by atoms with E-state index in [4.69, 9.17) is 9.15 Å². The molecule has 3 heterocycles. The number of nitrogens with zero attached hydrogens (tertiary/aromatic N) is 2. The van der Waals surface area contributed by atoms with Crippen molar-refractivity contribution < 1.29 is 13.9 Å². The monoisotopic (exact) mass is 370 g/mol. The van der Waals surface area contributed by atoms with E-state index in [9.17, 15) is 4.79 Å². The molecule has 3 aliphatic rings. The van der Waals surface area contributed by atoms with Gasteiger partial charge in [-0.05, 0) is 49.9 Å². The zero-order valence-corrected chi connectivity index (χ0v) is 15.5. The van der Waals surface area contributed by atoms with Crippen LogP contribution in [0.15, 0.2) is 39.9 Å². The summed E-state index contributed by atoms with van der Waals surface area (Å²) in [4.78, 5) is 19.6. The molecule has 1 aliphatic carbocycles. The third-order valence-corrected chi connectivity index (χ3v) is 7.17. The maximum absolute atomic E-state index is 12.8. The number of amidine groups is 1. The maximum atomic E-state index is 12.8. The molecule has 2 aromatic rings. The summed E-state index contributed by atoms with van der Waals surface area (Å²) in [6.07, 6.45) is 7.86. The zero-order valence-electron chi connectivity index (χ0n) is 14.6.